The number of rotatable bonds is 4. The number of hydrogen-bond donors (Lipinski definition) is 0. The number of piperidine rings is 1. The number of carbonyl (C=O) groups excluding carboxylic acids is 2. The van der Waals surface area contributed by atoms with Crippen LogP contribution in [0.15, 0.2) is 18.2 Å². The summed E-state index contributed by atoms with van der Waals surface area (Å²) in [5.74, 6) is 0.839. The molecule has 0 radical (unpaired) electrons. The van der Waals surface area contributed by atoms with E-state index in [1.807, 2.05) is 0 Å². The van der Waals surface area contributed by atoms with E-state index in [0.717, 1.165) is 64.2 Å². The molecule has 2 saturated heterocycles. The van der Waals surface area contributed by atoms with Gasteiger partial charge in [-0.2, -0.15) is 0 Å². The Labute approximate surface area is 191 Å². The summed E-state index contributed by atoms with van der Waals surface area (Å²) in [6, 6.07) is 7.03. The smallest absolute Gasteiger partial charge is 0.303 e. The van der Waals surface area contributed by atoms with Crippen molar-refractivity contribution in [3.05, 3.63) is 34.9 Å². The van der Waals surface area contributed by atoms with Gasteiger partial charge in [-0.05, 0) is 75.5 Å². The van der Waals surface area contributed by atoms with Crippen LogP contribution < -0.4 is 0 Å². The van der Waals surface area contributed by atoms with Gasteiger partial charge in [0.25, 0.3) is 0 Å². The highest BCUT2D eigenvalue weighted by molar-refractivity contribution is 5.81. The highest BCUT2D eigenvalue weighted by Gasteiger charge is 2.71. The van der Waals surface area contributed by atoms with Crippen LogP contribution in [0.1, 0.15) is 68.6 Å². The second kappa shape index (κ2) is 7.31. The summed E-state index contributed by atoms with van der Waals surface area (Å²) in [5, 5.41) is 0. The fourth-order valence-electron chi connectivity index (χ4n) is 7.75. The SMILES string of the molecule is CC(=O)O[C@@]12C[C@H](C(=O)N3CCCC3)C[C@@]13CCN(CC1CC1)[C@@H]2Cc1ccc(C)cc13. The minimum atomic E-state index is -0.590. The number of hydrogen-bond acceptors (Lipinski definition) is 4. The summed E-state index contributed by atoms with van der Waals surface area (Å²) >= 11 is 0. The zero-order valence-corrected chi connectivity index (χ0v) is 19.6. The highest BCUT2D eigenvalue weighted by Crippen LogP contribution is 2.63. The molecule has 1 amide bonds. The molecule has 0 aromatic heterocycles. The van der Waals surface area contributed by atoms with Crippen LogP contribution in [0.3, 0.4) is 0 Å². The summed E-state index contributed by atoms with van der Waals surface area (Å²) in [5.41, 5.74) is 3.18. The van der Waals surface area contributed by atoms with Crippen LogP contribution in [-0.4, -0.2) is 59.5 Å². The summed E-state index contributed by atoms with van der Waals surface area (Å²) in [7, 11) is 0. The van der Waals surface area contributed by atoms with Crippen molar-refractivity contribution in [1.29, 1.82) is 0 Å². The van der Waals surface area contributed by atoms with Gasteiger partial charge in [-0.25, -0.2) is 0 Å². The molecule has 5 nitrogen and oxygen atoms in total. The molecule has 0 spiro atoms. The van der Waals surface area contributed by atoms with Crippen LogP contribution in [0.4, 0.5) is 0 Å². The molecule has 0 unspecified atom stereocenters. The van der Waals surface area contributed by atoms with Crippen LogP contribution >= 0.6 is 0 Å². The van der Waals surface area contributed by atoms with Gasteiger partial charge in [0.05, 0.1) is 6.04 Å². The largest absolute Gasteiger partial charge is 0.457 e. The van der Waals surface area contributed by atoms with Crippen molar-refractivity contribution in [3.8, 4) is 0 Å². The Bertz CT molecular complexity index is 950. The maximum absolute atomic E-state index is 13.6. The zero-order valence-electron chi connectivity index (χ0n) is 19.6. The first kappa shape index (κ1) is 20.7. The molecule has 2 bridgehead atoms. The average molecular weight is 437 g/mol. The molecule has 6 rings (SSSR count). The summed E-state index contributed by atoms with van der Waals surface area (Å²) in [6.45, 7) is 7.63. The number of aryl methyl sites for hydroxylation is 1. The molecule has 32 heavy (non-hydrogen) atoms. The number of esters is 1. The Morgan fingerprint density at radius 1 is 1.12 bits per heavy atom. The lowest BCUT2D eigenvalue weighted by atomic mass is 9.55. The van der Waals surface area contributed by atoms with E-state index < -0.39 is 5.60 Å². The third-order valence-electron chi connectivity index (χ3n) is 9.24. The van der Waals surface area contributed by atoms with E-state index in [1.54, 1.807) is 6.92 Å². The highest BCUT2D eigenvalue weighted by atomic mass is 16.6. The Morgan fingerprint density at radius 3 is 2.62 bits per heavy atom. The van der Waals surface area contributed by atoms with E-state index in [0.29, 0.717) is 12.3 Å². The van der Waals surface area contributed by atoms with Crippen molar-refractivity contribution in [2.45, 2.75) is 82.3 Å². The van der Waals surface area contributed by atoms with Gasteiger partial charge in [-0.3, -0.25) is 14.5 Å². The van der Waals surface area contributed by atoms with E-state index in [9.17, 15) is 9.59 Å². The molecule has 3 aliphatic carbocycles. The summed E-state index contributed by atoms with van der Waals surface area (Å²) in [4.78, 5) is 30.9. The zero-order chi connectivity index (χ0) is 22.1. The molecule has 2 heterocycles. The molecular weight excluding hydrogens is 400 g/mol. The predicted molar refractivity (Wildman–Crippen MR) is 122 cm³/mol. The van der Waals surface area contributed by atoms with Crippen molar-refractivity contribution in [3.63, 3.8) is 0 Å². The number of amides is 1. The van der Waals surface area contributed by atoms with Crippen molar-refractivity contribution in [2.24, 2.45) is 11.8 Å². The van der Waals surface area contributed by atoms with Crippen LogP contribution in [0, 0.1) is 18.8 Å². The lowest BCUT2D eigenvalue weighted by Crippen LogP contribution is -2.70. The molecular formula is C27H36N2O3. The maximum Gasteiger partial charge on any atom is 0.303 e. The summed E-state index contributed by atoms with van der Waals surface area (Å²) in [6.07, 6.45) is 8.26. The number of carbonyl (C=O) groups is 2. The monoisotopic (exact) mass is 436 g/mol. The first-order valence-corrected chi connectivity index (χ1v) is 12.7. The van der Waals surface area contributed by atoms with Crippen molar-refractivity contribution < 1.29 is 14.3 Å². The van der Waals surface area contributed by atoms with E-state index >= 15 is 0 Å². The Kier molecular flexibility index (Phi) is 4.73. The first-order chi connectivity index (χ1) is 15.4. The van der Waals surface area contributed by atoms with Crippen LogP contribution in [0.2, 0.25) is 0 Å². The molecule has 1 aromatic carbocycles. The van der Waals surface area contributed by atoms with Crippen molar-refractivity contribution in [2.75, 3.05) is 26.2 Å². The normalized spacial score (nSPS) is 36.0. The Hall–Kier alpha value is -1.88. The predicted octanol–water partition coefficient (Wildman–Crippen LogP) is 3.61. The molecule has 5 heteroatoms. The Morgan fingerprint density at radius 2 is 1.91 bits per heavy atom. The third kappa shape index (κ3) is 2.99. The molecule has 4 atom stereocenters. The van der Waals surface area contributed by atoms with E-state index in [2.05, 4.69) is 34.9 Å². The van der Waals surface area contributed by atoms with Gasteiger partial charge in [0.15, 0.2) is 0 Å². The van der Waals surface area contributed by atoms with Gasteiger partial charge in [-0.15, -0.1) is 0 Å². The number of benzene rings is 1. The number of ether oxygens (including phenoxy) is 1. The van der Waals surface area contributed by atoms with Gasteiger partial charge in [-0.1, -0.05) is 23.8 Å². The topological polar surface area (TPSA) is 49.9 Å². The lowest BCUT2D eigenvalue weighted by Gasteiger charge is -2.60. The number of nitrogens with zero attached hydrogens (tertiary/aromatic N) is 2. The summed E-state index contributed by atoms with van der Waals surface area (Å²) < 4.78 is 6.48. The van der Waals surface area contributed by atoms with E-state index in [4.69, 9.17) is 4.74 Å². The second-order valence-corrected chi connectivity index (χ2v) is 11.3. The lowest BCUT2D eigenvalue weighted by molar-refractivity contribution is -0.189. The molecule has 5 aliphatic rings. The average Bonchev–Trinajstić information content (AvgIpc) is 3.26. The fraction of sp³-hybridized carbons (Fsp3) is 0.704. The minimum absolute atomic E-state index is 0.0534. The van der Waals surface area contributed by atoms with Gasteiger partial charge in [0.2, 0.25) is 5.91 Å². The molecule has 1 aromatic rings. The molecule has 4 fully saturated rings. The van der Waals surface area contributed by atoms with Gasteiger partial charge >= 0.3 is 5.97 Å². The number of fused-ring (bicyclic) bond motifs is 1. The minimum Gasteiger partial charge on any atom is -0.457 e. The van der Waals surface area contributed by atoms with Gasteiger partial charge in [0.1, 0.15) is 5.60 Å². The van der Waals surface area contributed by atoms with Gasteiger partial charge in [0, 0.05) is 44.3 Å². The van der Waals surface area contributed by atoms with Crippen molar-refractivity contribution >= 4 is 11.9 Å². The van der Waals surface area contributed by atoms with Crippen LogP contribution in [0.25, 0.3) is 0 Å². The Balaban J connectivity index is 1.47. The fourth-order valence-corrected chi connectivity index (χ4v) is 7.75. The quantitative estimate of drug-likeness (QED) is 0.677. The van der Waals surface area contributed by atoms with Crippen LogP contribution in [0.5, 0.6) is 0 Å². The molecule has 2 aliphatic heterocycles. The molecule has 172 valence electrons. The molecule has 2 saturated carbocycles. The van der Waals surface area contributed by atoms with Gasteiger partial charge < -0.3 is 9.64 Å². The van der Waals surface area contributed by atoms with Crippen molar-refractivity contribution in [1.82, 2.24) is 9.80 Å². The molecule has 0 N–H and O–H groups in total. The standard InChI is InChI=1S/C27H36N2O3/c1-18-5-8-21-14-24-27(32-19(2)30)16-22(25(31)28-10-3-4-11-28)15-26(27,23(21)13-18)9-12-29(24)17-20-6-7-20/h5,8,13,20,22,24H,3-4,6-7,9-12,14-17H2,1-2H3/t22-,24-,26-,27-/m1/s1. The van der Waals surface area contributed by atoms with E-state index in [1.165, 1.54) is 29.5 Å². The first-order valence-electron chi connectivity index (χ1n) is 12.7. The van der Waals surface area contributed by atoms with Crippen LogP contribution in [-0.2, 0) is 26.2 Å². The third-order valence-corrected chi connectivity index (χ3v) is 9.24. The second-order valence-electron chi connectivity index (χ2n) is 11.3. The number of likely N-dealkylation sites (tertiary alicyclic amines) is 2. The maximum atomic E-state index is 13.6. The van der Waals surface area contributed by atoms with E-state index in [-0.39, 0.29) is 23.3 Å².